The summed E-state index contributed by atoms with van der Waals surface area (Å²) in [5, 5.41) is 16.6. The number of nitrogens with zero attached hydrogens (tertiary/aromatic N) is 3. The van der Waals surface area contributed by atoms with Crippen LogP contribution in [0.5, 0.6) is 0 Å². The molecule has 5 aromatic rings. The largest absolute Gasteiger partial charge is 0.391 e. The summed E-state index contributed by atoms with van der Waals surface area (Å²) >= 11 is 0. The quantitative estimate of drug-likeness (QED) is 0.272. The average molecular weight is 603 g/mol. The van der Waals surface area contributed by atoms with E-state index in [1.54, 1.807) is 18.1 Å². The molecule has 1 aliphatic heterocycles. The SMILES string of the molecule is Cc1ccc2cc(C[C@H](NC(=O)[C@@H]3C[C@@H](O)CN3C(=O)c3cn(C)c4ccccc34)C(=O)N(C)Cc3ccccc3)ccc2c1. The standard InChI is InChI=1S/C37H38N4O4/c1-24-13-15-28-18-26(14-16-27(28)17-24)19-32(37(45)40(3)21-25-9-5-4-6-10-25)38-35(43)34-20-29(42)22-41(34)36(44)31-23-39(2)33-12-8-7-11-30(31)33/h4-18,23,29,32,34,42H,19-22H2,1-3H3,(H,38,43)/t29-,32+,34+/m1/s1. The number of hydrogen-bond donors (Lipinski definition) is 2. The molecule has 3 amide bonds. The highest BCUT2D eigenvalue weighted by molar-refractivity contribution is 6.08. The van der Waals surface area contributed by atoms with Gasteiger partial charge >= 0.3 is 0 Å². The maximum absolute atomic E-state index is 13.9. The second-order valence-electron chi connectivity index (χ2n) is 12.2. The average Bonchev–Trinajstić information content (AvgIpc) is 3.60. The third kappa shape index (κ3) is 6.33. The summed E-state index contributed by atoms with van der Waals surface area (Å²) in [7, 11) is 3.60. The molecule has 8 heteroatoms. The number of likely N-dealkylation sites (tertiary alicyclic amines) is 1. The van der Waals surface area contributed by atoms with E-state index in [4.69, 9.17) is 0 Å². The summed E-state index contributed by atoms with van der Waals surface area (Å²) in [5.41, 5.74) is 4.43. The summed E-state index contributed by atoms with van der Waals surface area (Å²) < 4.78 is 1.88. The molecule has 1 fully saturated rings. The molecule has 230 valence electrons. The molecule has 6 rings (SSSR count). The molecule has 0 saturated carbocycles. The van der Waals surface area contributed by atoms with Gasteiger partial charge in [0.25, 0.3) is 5.91 Å². The smallest absolute Gasteiger partial charge is 0.256 e. The molecular weight excluding hydrogens is 564 g/mol. The Morgan fingerprint density at radius 1 is 0.933 bits per heavy atom. The Balaban J connectivity index is 1.27. The van der Waals surface area contributed by atoms with Gasteiger partial charge in [-0.25, -0.2) is 0 Å². The third-order valence-electron chi connectivity index (χ3n) is 8.72. The van der Waals surface area contributed by atoms with Gasteiger partial charge < -0.3 is 24.8 Å². The van der Waals surface area contributed by atoms with Crippen molar-refractivity contribution in [2.45, 2.75) is 44.5 Å². The maximum Gasteiger partial charge on any atom is 0.256 e. The molecule has 0 radical (unpaired) electrons. The molecule has 0 aliphatic carbocycles. The molecule has 1 aromatic heterocycles. The van der Waals surface area contributed by atoms with E-state index in [9.17, 15) is 19.5 Å². The van der Waals surface area contributed by atoms with Crippen LogP contribution in [-0.4, -0.2) is 69.0 Å². The first-order valence-electron chi connectivity index (χ1n) is 15.3. The van der Waals surface area contributed by atoms with E-state index in [-0.39, 0.29) is 31.2 Å². The van der Waals surface area contributed by atoms with Gasteiger partial charge in [0.2, 0.25) is 11.8 Å². The highest BCUT2D eigenvalue weighted by Gasteiger charge is 2.41. The number of aromatic nitrogens is 1. The van der Waals surface area contributed by atoms with Crippen LogP contribution in [0.3, 0.4) is 0 Å². The lowest BCUT2D eigenvalue weighted by Gasteiger charge is -2.28. The van der Waals surface area contributed by atoms with Gasteiger partial charge in [0.15, 0.2) is 0 Å². The fourth-order valence-corrected chi connectivity index (χ4v) is 6.40. The Labute approximate surface area is 262 Å². The predicted molar refractivity (Wildman–Crippen MR) is 176 cm³/mol. The number of carbonyl (C=O) groups excluding carboxylic acids is 3. The molecule has 1 aliphatic rings. The first kappa shape index (κ1) is 30.1. The lowest BCUT2D eigenvalue weighted by molar-refractivity contribution is -0.136. The Kier molecular flexibility index (Phi) is 8.41. The highest BCUT2D eigenvalue weighted by Crippen LogP contribution is 2.27. The number of hydrogen-bond acceptors (Lipinski definition) is 4. The van der Waals surface area contributed by atoms with Gasteiger partial charge in [0, 0.05) is 57.1 Å². The van der Waals surface area contributed by atoms with Crippen LogP contribution in [0.15, 0.2) is 97.2 Å². The summed E-state index contributed by atoms with van der Waals surface area (Å²) in [6.45, 7) is 2.47. The van der Waals surface area contributed by atoms with Crippen LogP contribution in [0.2, 0.25) is 0 Å². The zero-order valence-corrected chi connectivity index (χ0v) is 25.8. The molecule has 1 saturated heterocycles. The molecule has 0 unspecified atom stereocenters. The lowest BCUT2D eigenvalue weighted by Crippen LogP contribution is -2.54. The maximum atomic E-state index is 13.9. The second-order valence-corrected chi connectivity index (χ2v) is 12.2. The van der Waals surface area contributed by atoms with E-state index < -0.39 is 24.1 Å². The van der Waals surface area contributed by atoms with Gasteiger partial charge in [-0.05, 0) is 34.9 Å². The van der Waals surface area contributed by atoms with Crippen LogP contribution in [0.25, 0.3) is 21.7 Å². The summed E-state index contributed by atoms with van der Waals surface area (Å²) in [6.07, 6.45) is 1.29. The topological polar surface area (TPSA) is 94.9 Å². The monoisotopic (exact) mass is 602 g/mol. The lowest BCUT2D eigenvalue weighted by atomic mass is 9.99. The van der Waals surface area contributed by atoms with Gasteiger partial charge in [-0.15, -0.1) is 0 Å². The number of para-hydroxylation sites is 1. The van der Waals surface area contributed by atoms with Crippen molar-refractivity contribution in [3.05, 3.63) is 119 Å². The van der Waals surface area contributed by atoms with Crippen LogP contribution in [0.4, 0.5) is 0 Å². The molecule has 4 aromatic carbocycles. The zero-order chi connectivity index (χ0) is 31.7. The molecule has 0 bridgehead atoms. The van der Waals surface area contributed by atoms with Crippen molar-refractivity contribution >= 4 is 39.4 Å². The Morgan fingerprint density at radius 2 is 1.64 bits per heavy atom. The van der Waals surface area contributed by atoms with E-state index in [1.807, 2.05) is 84.4 Å². The van der Waals surface area contributed by atoms with Gasteiger partial charge in [0.05, 0.1) is 11.7 Å². The molecule has 45 heavy (non-hydrogen) atoms. The van der Waals surface area contributed by atoms with E-state index in [2.05, 4.69) is 30.4 Å². The fraction of sp³-hybridized carbons (Fsp3) is 0.270. The van der Waals surface area contributed by atoms with Gasteiger partial charge in [0.1, 0.15) is 12.1 Å². The van der Waals surface area contributed by atoms with Crippen molar-refractivity contribution in [3.8, 4) is 0 Å². The van der Waals surface area contributed by atoms with E-state index in [0.717, 1.165) is 32.8 Å². The van der Waals surface area contributed by atoms with Gasteiger partial charge in [-0.2, -0.15) is 0 Å². The number of fused-ring (bicyclic) bond motifs is 2. The predicted octanol–water partition coefficient (Wildman–Crippen LogP) is 4.60. The van der Waals surface area contributed by atoms with Crippen LogP contribution >= 0.6 is 0 Å². The van der Waals surface area contributed by atoms with Crippen LogP contribution in [0, 0.1) is 6.92 Å². The number of likely N-dealkylation sites (N-methyl/N-ethyl adjacent to an activating group) is 1. The van der Waals surface area contributed by atoms with Crippen molar-refractivity contribution < 1.29 is 19.5 Å². The number of aliphatic hydroxyl groups is 1. The Bertz CT molecular complexity index is 1880. The second kappa shape index (κ2) is 12.6. The zero-order valence-electron chi connectivity index (χ0n) is 25.8. The number of carbonyl (C=O) groups is 3. The molecule has 3 atom stereocenters. The Hall–Kier alpha value is -4.95. The first-order valence-corrected chi connectivity index (χ1v) is 15.3. The van der Waals surface area contributed by atoms with Crippen molar-refractivity contribution in [3.63, 3.8) is 0 Å². The van der Waals surface area contributed by atoms with Crippen LogP contribution in [0.1, 0.15) is 33.5 Å². The highest BCUT2D eigenvalue weighted by atomic mass is 16.3. The molecule has 2 N–H and O–H groups in total. The minimum atomic E-state index is -0.916. The number of amides is 3. The van der Waals surface area contributed by atoms with E-state index in [1.165, 1.54) is 10.5 Å². The molecule has 0 spiro atoms. The third-order valence-corrected chi connectivity index (χ3v) is 8.72. The number of aliphatic hydroxyl groups excluding tert-OH is 1. The van der Waals surface area contributed by atoms with Gasteiger partial charge in [-0.1, -0.05) is 90.5 Å². The summed E-state index contributed by atoms with van der Waals surface area (Å²) in [6, 6.07) is 27.8. The van der Waals surface area contributed by atoms with Crippen molar-refractivity contribution in [1.82, 2.24) is 19.7 Å². The Morgan fingerprint density at radius 3 is 2.44 bits per heavy atom. The van der Waals surface area contributed by atoms with Crippen LogP contribution in [-0.2, 0) is 29.6 Å². The molecular formula is C37H38N4O4. The molecule has 2 heterocycles. The van der Waals surface area contributed by atoms with Crippen LogP contribution < -0.4 is 5.32 Å². The van der Waals surface area contributed by atoms with Crippen molar-refractivity contribution in [1.29, 1.82) is 0 Å². The minimum Gasteiger partial charge on any atom is -0.391 e. The summed E-state index contributed by atoms with van der Waals surface area (Å²) in [4.78, 5) is 44.8. The minimum absolute atomic E-state index is 0.0384. The number of β-amino-alcohol motifs (C(OH)–C–C–N with tert-alkyl or cyclic N) is 1. The number of benzene rings is 4. The van der Waals surface area contributed by atoms with E-state index in [0.29, 0.717) is 12.1 Å². The number of rotatable bonds is 8. The van der Waals surface area contributed by atoms with E-state index >= 15 is 0 Å². The van der Waals surface area contributed by atoms with Crippen molar-refractivity contribution in [2.75, 3.05) is 13.6 Å². The normalized spacial score (nSPS) is 17.0. The van der Waals surface area contributed by atoms with Gasteiger partial charge in [-0.3, -0.25) is 14.4 Å². The number of aryl methyl sites for hydroxylation is 2. The van der Waals surface area contributed by atoms with Crippen molar-refractivity contribution in [2.24, 2.45) is 7.05 Å². The first-order chi connectivity index (χ1) is 21.7. The summed E-state index contributed by atoms with van der Waals surface area (Å²) in [5.74, 6) is -1.01. The number of nitrogens with one attached hydrogen (secondary N) is 1. The molecule has 8 nitrogen and oxygen atoms in total. The fourth-order valence-electron chi connectivity index (χ4n) is 6.40.